The van der Waals surface area contributed by atoms with Crippen LogP contribution in [0.1, 0.15) is 45.0 Å². The van der Waals surface area contributed by atoms with Gasteiger partial charge in [-0.2, -0.15) is 0 Å². The molecular formula is C16H25N3O2. The van der Waals surface area contributed by atoms with Crippen LogP contribution in [0.5, 0.6) is 0 Å². The van der Waals surface area contributed by atoms with Gasteiger partial charge in [-0.15, -0.1) is 0 Å². The molecule has 116 valence electrons. The molecule has 0 atom stereocenters. The van der Waals surface area contributed by atoms with Gasteiger partial charge in [0.05, 0.1) is 12.2 Å². The zero-order valence-electron chi connectivity index (χ0n) is 13.4. The number of rotatable bonds is 5. The Morgan fingerprint density at radius 2 is 1.81 bits per heavy atom. The van der Waals surface area contributed by atoms with Crippen LogP contribution in [0.3, 0.4) is 0 Å². The Kier molecular flexibility index (Phi) is 6.72. The van der Waals surface area contributed by atoms with Gasteiger partial charge < -0.3 is 15.4 Å². The summed E-state index contributed by atoms with van der Waals surface area (Å²) in [6.07, 6.45) is 0. The molecule has 5 heteroatoms. The topological polar surface area (TPSA) is 62.7 Å². The minimum atomic E-state index is -0.305. The van der Waals surface area contributed by atoms with Gasteiger partial charge in [-0.1, -0.05) is 0 Å². The number of carbonyl (C=O) groups excluding carboxylic acids is 1. The number of guanidine groups is 1. The number of nitrogens with zero attached hydrogens (tertiary/aromatic N) is 1. The Hall–Kier alpha value is -2.04. The first kappa shape index (κ1) is 17.0. The summed E-state index contributed by atoms with van der Waals surface area (Å²) in [6.45, 7) is 10.3. The number of esters is 1. The Labute approximate surface area is 126 Å². The zero-order chi connectivity index (χ0) is 15.8. The summed E-state index contributed by atoms with van der Waals surface area (Å²) in [5.74, 6) is 0.421. The van der Waals surface area contributed by atoms with Crippen molar-refractivity contribution in [3.05, 3.63) is 29.8 Å². The molecule has 0 saturated heterocycles. The molecule has 2 N–H and O–H groups in total. The van der Waals surface area contributed by atoms with E-state index in [1.165, 1.54) is 0 Å². The Balaban J connectivity index is 2.78. The molecule has 0 spiro atoms. The molecule has 1 rings (SSSR count). The number of hydrogen-bond donors (Lipinski definition) is 2. The highest BCUT2D eigenvalue weighted by molar-refractivity contribution is 5.95. The van der Waals surface area contributed by atoms with Gasteiger partial charge in [-0.05, 0) is 58.9 Å². The van der Waals surface area contributed by atoms with E-state index >= 15 is 0 Å². The Bertz CT molecular complexity index is 479. The van der Waals surface area contributed by atoms with Crippen molar-refractivity contribution in [2.75, 3.05) is 11.9 Å². The highest BCUT2D eigenvalue weighted by Crippen LogP contribution is 2.11. The largest absolute Gasteiger partial charge is 0.462 e. The summed E-state index contributed by atoms with van der Waals surface area (Å²) >= 11 is 0. The SMILES string of the molecule is CCOC(=O)c1ccc(NC(=NC(C)C)NC(C)C)cc1. The van der Waals surface area contributed by atoms with Gasteiger partial charge in [-0.25, -0.2) is 4.79 Å². The fraction of sp³-hybridized carbons (Fsp3) is 0.500. The maximum atomic E-state index is 11.6. The molecule has 0 aromatic heterocycles. The van der Waals surface area contributed by atoms with E-state index in [1.54, 1.807) is 19.1 Å². The fourth-order valence-corrected chi connectivity index (χ4v) is 1.68. The molecule has 0 aliphatic rings. The van der Waals surface area contributed by atoms with E-state index in [9.17, 15) is 4.79 Å². The third-order valence-electron chi connectivity index (χ3n) is 2.47. The lowest BCUT2D eigenvalue weighted by Gasteiger charge is -2.16. The van der Waals surface area contributed by atoms with E-state index < -0.39 is 0 Å². The number of hydrogen-bond acceptors (Lipinski definition) is 3. The molecule has 0 aliphatic carbocycles. The predicted molar refractivity (Wildman–Crippen MR) is 86.9 cm³/mol. The molecule has 1 aromatic rings. The van der Waals surface area contributed by atoms with E-state index in [0.717, 1.165) is 11.6 Å². The quantitative estimate of drug-likeness (QED) is 0.497. The second kappa shape index (κ2) is 8.29. The summed E-state index contributed by atoms with van der Waals surface area (Å²) in [4.78, 5) is 16.1. The first-order valence-corrected chi connectivity index (χ1v) is 7.31. The van der Waals surface area contributed by atoms with E-state index in [-0.39, 0.29) is 18.1 Å². The van der Waals surface area contributed by atoms with Crippen molar-refractivity contribution in [1.82, 2.24) is 5.32 Å². The third kappa shape index (κ3) is 6.29. The number of ether oxygens (including phenoxy) is 1. The summed E-state index contributed by atoms with van der Waals surface area (Å²) in [5.41, 5.74) is 1.41. The van der Waals surface area contributed by atoms with Crippen molar-refractivity contribution in [2.24, 2.45) is 4.99 Å². The number of carbonyl (C=O) groups is 1. The van der Waals surface area contributed by atoms with Crippen LogP contribution < -0.4 is 10.6 Å². The average molecular weight is 291 g/mol. The molecule has 21 heavy (non-hydrogen) atoms. The summed E-state index contributed by atoms with van der Waals surface area (Å²) in [7, 11) is 0. The maximum Gasteiger partial charge on any atom is 0.338 e. The molecule has 0 unspecified atom stereocenters. The van der Waals surface area contributed by atoms with Crippen molar-refractivity contribution in [3.8, 4) is 0 Å². The van der Waals surface area contributed by atoms with Gasteiger partial charge in [0.25, 0.3) is 0 Å². The molecule has 0 saturated carbocycles. The van der Waals surface area contributed by atoms with Crippen molar-refractivity contribution >= 4 is 17.6 Å². The number of benzene rings is 1. The normalized spacial score (nSPS) is 11.7. The molecular weight excluding hydrogens is 266 g/mol. The number of nitrogens with one attached hydrogen (secondary N) is 2. The zero-order valence-corrected chi connectivity index (χ0v) is 13.4. The van der Waals surface area contributed by atoms with Gasteiger partial charge in [0.15, 0.2) is 5.96 Å². The van der Waals surface area contributed by atoms with Crippen LogP contribution in [-0.2, 0) is 4.74 Å². The van der Waals surface area contributed by atoms with E-state index in [2.05, 4.69) is 29.5 Å². The molecule has 0 aliphatic heterocycles. The molecule has 0 radical (unpaired) electrons. The van der Waals surface area contributed by atoms with E-state index in [4.69, 9.17) is 4.74 Å². The van der Waals surface area contributed by atoms with Crippen LogP contribution in [0.4, 0.5) is 5.69 Å². The third-order valence-corrected chi connectivity index (χ3v) is 2.47. The van der Waals surface area contributed by atoms with Gasteiger partial charge in [0.2, 0.25) is 0 Å². The highest BCUT2D eigenvalue weighted by atomic mass is 16.5. The second-order valence-corrected chi connectivity index (χ2v) is 5.29. The van der Waals surface area contributed by atoms with Gasteiger partial charge in [0.1, 0.15) is 0 Å². The molecule has 0 bridgehead atoms. The smallest absolute Gasteiger partial charge is 0.338 e. The van der Waals surface area contributed by atoms with E-state index in [1.807, 2.05) is 26.0 Å². The Morgan fingerprint density at radius 3 is 2.29 bits per heavy atom. The van der Waals surface area contributed by atoms with Crippen LogP contribution in [0, 0.1) is 0 Å². The minimum absolute atomic E-state index is 0.192. The van der Waals surface area contributed by atoms with Crippen molar-refractivity contribution < 1.29 is 9.53 Å². The van der Waals surface area contributed by atoms with Crippen molar-refractivity contribution in [1.29, 1.82) is 0 Å². The van der Waals surface area contributed by atoms with Gasteiger partial charge in [-0.3, -0.25) is 4.99 Å². The van der Waals surface area contributed by atoms with Crippen LogP contribution in [-0.4, -0.2) is 30.6 Å². The Morgan fingerprint density at radius 1 is 1.19 bits per heavy atom. The average Bonchev–Trinajstić information content (AvgIpc) is 2.38. The fourth-order valence-electron chi connectivity index (χ4n) is 1.68. The first-order valence-electron chi connectivity index (χ1n) is 7.31. The molecule has 0 heterocycles. The lowest BCUT2D eigenvalue weighted by Crippen LogP contribution is -2.36. The van der Waals surface area contributed by atoms with Crippen LogP contribution in [0.2, 0.25) is 0 Å². The monoisotopic (exact) mass is 291 g/mol. The van der Waals surface area contributed by atoms with Crippen LogP contribution >= 0.6 is 0 Å². The van der Waals surface area contributed by atoms with Crippen molar-refractivity contribution in [2.45, 2.75) is 46.7 Å². The number of anilines is 1. The highest BCUT2D eigenvalue weighted by Gasteiger charge is 2.07. The lowest BCUT2D eigenvalue weighted by molar-refractivity contribution is 0.0526. The van der Waals surface area contributed by atoms with E-state index in [0.29, 0.717) is 12.2 Å². The summed E-state index contributed by atoms with van der Waals surface area (Å²) in [6, 6.07) is 7.63. The first-order chi connectivity index (χ1) is 9.92. The summed E-state index contributed by atoms with van der Waals surface area (Å²) in [5, 5.41) is 6.49. The second-order valence-electron chi connectivity index (χ2n) is 5.29. The van der Waals surface area contributed by atoms with Crippen LogP contribution in [0.15, 0.2) is 29.3 Å². The predicted octanol–water partition coefficient (Wildman–Crippen LogP) is 3.04. The standard InChI is InChI=1S/C16H25N3O2/c1-6-21-15(20)13-7-9-14(10-8-13)19-16(17-11(2)3)18-12(4)5/h7-12H,6H2,1-5H3,(H2,17,18,19). The molecule has 1 aromatic carbocycles. The minimum Gasteiger partial charge on any atom is -0.462 e. The lowest BCUT2D eigenvalue weighted by atomic mass is 10.2. The van der Waals surface area contributed by atoms with Gasteiger partial charge in [0, 0.05) is 17.8 Å². The number of aliphatic imine (C=N–C) groups is 1. The summed E-state index contributed by atoms with van der Waals surface area (Å²) < 4.78 is 4.96. The molecule has 0 fully saturated rings. The molecule has 0 amide bonds. The molecule has 5 nitrogen and oxygen atoms in total. The maximum absolute atomic E-state index is 11.6. The van der Waals surface area contributed by atoms with Crippen molar-refractivity contribution in [3.63, 3.8) is 0 Å². The van der Waals surface area contributed by atoms with Crippen LogP contribution in [0.25, 0.3) is 0 Å². The van der Waals surface area contributed by atoms with Gasteiger partial charge >= 0.3 is 5.97 Å².